The van der Waals surface area contributed by atoms with Crippen LogP contribution in [0.2, 0.25) is 0 Å². The maximum atomic E-state index is 13.7. The lowest BCUT2D eigenvalue weighted by Crippen LogP contribution is -2.53. The summed E-state index contributed by atoms with van der Waals surface area (Å²) in [7, 11) is 3.81. The third-order valence-electron chi connectivity index (χ3n) is 7.97. The highest BCUT2D eigenvalue weighted by Gasteiger charge is 2.49. The fourth-order valence-corrected chi connectivity index (χ4v) is 5.86. The lowest BCUT2D eigenvalue weighted by atomic mass is 9.84. The number of likely N-dealkylation sites (tertiary alicyclic amines) is 2. The molecule has 3 atom stereocenters. The molecule has 2 saturated heterocycles. The molecular weight excluding hydrogens is 378 g/mol. The first-order chi connectivity index (χ1) is 14.4. The van der Waals surface area contributed by atoms with E-state index in [0.29, 0.717) is 11.5 Å². The monoisotopic (exact) mass is 415 g/mol. The molecule has 0 radical (unpaired) electrons. The predicted molar refractivity (Wildman–Crippen MR) is 116 cm³/mol. The van der Waals surface area contributed by atoms with Crippen molar-refractivity contribution in [2.45, 2.75) is 76.9 Å². The number of carbonyl (C=O) groups is 2. The van der Waals surface area contributed by atoms with Gasteiger partial charge in [-0.05, 0) is 51.5 Å². The van der Waals surface area contributed by atoms with E-state index < -0.39 is 0 Å². The van der Waals surface area contributed by atoms with Gasteiger partial charge in [0.25, 0.3) is 5.91 Å². The third-order valence-corrected chi connectivity index (χ3v) is 7.97. The van der Waals surface area contributed by atoms with Crippen molar-refractivity contribution < 1.29 is 9.59 Å². The summed E-state index contributed by atoms with van der Waals surface area (Å²) in [6.07, 6.45) is 9.01. The van der Waals surface area contributed by atoms with Gasteiger partial charge in [-0.1, -0.05) is 19.8 Å². The average molecular weight is 416 g/mol. The first kappa shape index (κ1) is 21.3. The van der Waals surface area contributed by atoms with Crippen LogP contribution < -0.4 is 0 Å². The molecule has 4 rings (SSSR count). The Kier molecular flexibility index (Phi) is 6.19. The Morgan fingerprint density at radius 3 is 2.50 bits per heavy atom. The predicted octanol–water partition coefficient (Wildman–Crippen LogP) is 2.44. The number of hydrogen-bond acceptors (Lipinski definition) is 4. The molecule has 0 unspecified atom stereocenters. The number of nitrogens with zero attached hydrogens (tertiary/aromatic N) is 5. The molecule has 0 spiro atoms. The van der Waals surface area contributed by atoms with E-state index in [1.165, 1.54) is 6.42 Å². The van der Waals surface area contributed by atoms with E-state index in [9.17, 15) is 9.59 Å². The summed E-state index contributed by atoms with van der Waals surface area (Å²) >= 11 is 0. The lowest BCUT2D eigenvalue weighted by Gasteiger charge is -2.39. The van der Waals surface area contributed by atoms with E-state index in [-0.39, 0.29) is 29.9 Å². The van der Waals surface area contributed by atoms with Crippen molar-refractivity contribution in [2.75, 3.05) is 26.7 Å². The second-order valence-electron chi connectivity index (χ2n) is 9.46. The Morgan fingerprint density at radius 1 is 1.17 bits per heavy atom. The van der Waals surface area contributed by atoms with Crippen LogP contribution in [-0.2, 0) is 11.8 Å². The van der Waals surface area contributed by atoms with Crippen LogP contribution in [0.4, 0.5) is 0 Å². The molecule has 3 aliphatic rings. The molecule has 1 aromatic rings. The molecule has 7 nitrogen and oxygen atoms in total. The minimum Gasteiger partial charge on any atom is -0.341 e. The molecule has 2 aliphatic heterocycles. The first-order valence-corrected chi connectivity index (χ1v) is 11.7. The molecule has 166 valence electrons. The van der Waals surface area contributed by atoms with Crippen LogP contribution in [0.5, 0.6) is 0 Å². The standard InChI is InChI=1S/C23H37N5O2/c1-5-27-12-10-18(11-13-27)25(3)23(30)21-14-17-8-6-7-9-20(17)28(21)22(29)19-15-24-26(4)16(19)2/h15,17-18,20-21H,5-14H2,1-4H3/t17-,20+,21-/m0/s1. The normalized spacial score (nSPS) is 27.9. The number of rotatable bonds is 4. The molecule has 7 heteroatoms. The van der Waals surface area contributed by atoms with Gasteiger partial charge in [0.15, 0.2) is 0 Å². The number of piperidine rings is 1. The molecular formula is C23H37N5O2. The Labute approximate surface area is 180 Å². The topological polar surface area (TPSA) is 61.7 Å². The summed E-state index contributed by atoms with van der Waals surface area (Å²) in [5.74, 6) is 0.570. The molecule has 0 bridgehead atoms. The summed E-state index contributed by atoms with van der Waals surface area (Å²) in [5, 5.41) is 4.28. The number of carbonyl (C=O) groups excluding carboxylic acids is 2. The van der Waals surface area contributed by atoms with Crippen molar-refractivity contribution in [1.82, 2.24) is 24.5 Å². The number of amides is 2. The quantitative estimate of drug-likeness (QED) is 0.758. The van der Waals surface area contributed by atoms with Gasteiger partial charge >= 0.3 is 0 Å². The highest BCUT2D eigenvalue weighted by atomic mass is 16.2. The van der Waals surface area contributed by atoms with Crippen LogP contribution in [0.25, 0.3) is 0 Å². The van der Waals surface area contributed by atoms with Crippen molar-refractivity contribution >= 4 is 11.8 Å². The van der Waals surface area contributed by atoms with Crippen molar-refractivity contribution in [3.8, 4) is 0 Å². The van der Waals surface area contributed by atoms with Crippen molar-refractivity contribution in [2.24, 2.45) is 13.0 Å². The summed E-state index contributed by atoms with van der Waals surface area (Å²) < 4.78 is 1.74. The van der Waals surface area contributed by atoms with Gasteiger partial charge < -0.3 is 14.7 Å². The molecule has 30 heavy (non-hydrogen) atoms. The number of aromatic nitrogens is 2. The molecule has 2 amide bonds. The third kappa shape index (κ3) is 3.77. The molecule has 0 aromatic carbocycles. The van der Waals surface area contributed by atoms with E-state index in [0.717, 1.165) is 63.9 Å². The van der Waals surface area contributed by atoms with Gasteiger partial charge in [0.05, 0.1) is 11.8 Å². The van der Waals surface area contributed by atoms with E-state index in [4.69, 9.17) is 0 Å². The number of hydrogen-bond donors (Lipinski definition) is 0. The highest BCUT2D eigenvalue weighted by Crippen LogP contribution is 2.41. The average Bonchev–Trinajstić information content (AvgIpc) is 3.32. The lowest BCUT2D eigenvalue weighted by molar-refractivity contribution is -0.137. The largest absolute Gasteiger partial charge is 0.341 e. The Bertz CT molecular complexity index is 783. The van der Waals surface area contributed by atoms with E-state index in [1.807, 2.05) is 30.8 Å². The maximum Gasteiger partial charge on any atom is 0.258 e. The van der Waals surface area contributed by atoms with E-state index in [2.05, 4.69) is 16.9 Å². The van der Waals surface area contributed by atoms with Crippen LogP contribution >= 0.6 is 0 Å². The fourth-order valence-electron chi connectivity index (χ4n) is 5.86. The van der Waals surface area contributed by atoms with Crippen molar-refractivity contribution in [3.63, 3.8) is 0 Å². The Hall–Kier alpha value is -1.89. The molecule has 3 fully saturated rings. The summed E-state index contributed by atoms with van der Waals surface area (Å²) in [4.78, 5) is 33.7. The smallest absolute Gasteiger partial charge is 0.258 e. The second-order valence-corrected chi connectivity index (χ2v) is 9.46. The summed E-state index contributed by atoms with van der Waals surface area (Å²) in [6.45, 7) is 7.29. The molecule has 3 heterocycles. The first-order valence-electron chi connectivity index (χ1n) is 11.7. The van der Waals surface area contributed by atoms with Crippen molar-refractivity contribution in [1.29, 1.82) is 0 Å². The molecule has 0 N–H and O–H groups in total. The maximum absolute atomic E-state index is 13.7. The Morgan fingerprint density at radius 2 is 1.87 bits per heavy atom. The van der Waals surface area contributed by atoms with Crippen LogP contribution in [0.1, 0.15) is 67.9 Å². The van der Waals surface area contributed by atoms with E-state index in [1.54, 1.807) is 10.9 Å². The van der Waals surface area contributed by atoms with Crippen LogP contribution in [0, 0.1) is 12.8 Å². The zero-order valence-corrected chi connectivity index (χ0v) is 19.0. The van der Waals surface area contributed by atoms with Gasteiger partial charge in [-0.2, -0.15) is 5.10 Å². The summed E-state index contributed by atoms with van der Waals surface area (Å²) in [5.41, 5.74) is 1.51. The van der Waals surface area contributed by atoms with Gasteiger partial charge in [-0.25, -0.2) is 0 Å². The van der Waals surface area contributed by atoms with Crippen LogP contribution in [0.15, 0.2) is 6.20 Å². The van der Waals surface area contributed by atoms with Gasteiger partial charge in [0.1, 0.15) is 6.04 Å². The van der Waals surface area contributed by atoms with Gasteiger partial charge in [-0.15, -0.1) is 0 Å². The number of aryl methyl sites for hydroxylation is 1. The fraction of sp³-hybridized carbons (Fsp3) is 0.783. The zero-order valence-electron chi connectivity index (χ0n) is 19.0. The highest BCUT2D eigenvalue weighted by molar-refractivity contribution is 5.99. The van der Waals surface area contributed by atoms with Gasteiger partial charge in [-0.3, -0.25) is 14.3 Å². The van der Waals surface area contributed by atoms with Gasteiger partial charge in [0.2, 0.25) is 5.91 Å². The SMILES string of the molecule is CCN1CCC(N(C)C(=O)[C@@H]2C[C@@H]3CCCC[C@H]3N2C(=O)c2cnn(C)c2C)CC1. The second kappa shape index (κ2) is 8.69. The van der Waals surface area contributed by atoms with Gasteiger partial charge in [0, 0.05) is 45.0 Å². The molecule has 1 saturated carbocycles. The minimum absolute atomic E-state index is 0.0115. The summed E-state index contributed by atoms with van der Waals surface area (Å²) in [6, 6.07) is 0.134. The van der Waals surface area contributed by atoms with Crippen LogP contribution in [0.3, 0.4) is 0 Å². The Balaban J connectivity index is 1.56. The molecule has 1 aromatic heterocycles. The number of likely N-dealkylation sites (N-methyl/N-ethyl adjacent to an activating group) is 1. The zero-order chi connectivity index (χ0) is 21.4. The minimum atomic E-state index is -0.334. The molecule has 1 aliphatic carbocycles. The number of fused-ring (bicyclic) bond motifs is 1. The van der Waals surface area contributed by atoms with Crippen molar-refractivity contribution in [3.05, 3.63) is 17.5 Å². The van der Waals surface area contributed by atoms with E-state index >= 15 is 0 Å². The van der Waals surface area contributed by atoms with Crippen LogP contribution in [-0.4, -0.2) is 81.1 Å².